The molecule has 0 aromatic heterocycles. The smallest absolute Gasteiger partial charge is 0.231 e. The van der Waals surface area contributed by atoms with Crippen molar-refractivity contribution in [3.05, 3.63) is 102 Å². The Bertz CT molecular complexity index is 896. The molecule has 3 aromatic carbocycles. The van der Waals surface area contributed by atoms with E-state index in [1.54, 1.807) is 4.90 Å². The average molecular weight is 386 g/mol. The van der Waals surface area contributed by atoms with Gasteiger partial charge in [-0.15, -0.1) is 0 Å². The van der Waals surface area contributed by atoms with Gasteiger partial charge in [0.05, 0.1) is 12.8 Å². The normalized spacial score (nSPS) is 10.3. The highest BCUT2D eigenvalue weighted by atomic mass is 16.2. The molecule has 0 saturated carbocycles. The van der Waals surface area contributed by atoms with Crippen LogP contribution in [-0.4, -0.2) is 24.9 Å². The zero-order chi connectivity index (χ0) is 20.3. The second-order valence-corrected chi connectivity index (χ2v) is 6.91. The molecule has 0 unspecified atom stereocenters. The summed E-state index contributed by atoms with van der Waals surface area (Å²) in [5.74, 6) is 0.0519. The van der Waals surface area contributed by atoms with Crippen molar-refractivity contribution in [2.45, 2.75) is 19.3 Å². The maximum Gasteiger partial charge on any atom is 0.231 e. The van der Waals surface area contributed by atoms with Crippen LogP contribution in [0, 0.1) is 0 Å². The molecule has 0 aliphatic carbocycles. The summed E-state index contributed by atoms with van der Waals surface area (Å²) >= 11 is 0. The van der Waals surface area contributed by atoms with Crippen LogP contribution in [0.3, 0.4) is 0 Å². The molecular formula is C25H26N2O2. The summed E-state index contributed by atoms with van der Waals surface area (Å²) in [6.07, 6.45) is 1.42. The highest BCUT2D eigenvalue weighted by molar-refractivity contribution is 5.94. The van der Waals surface area contributed by atoms with E-state index >= 15 is 0 Å². The molecular weight excluding hydrogens is 360 g/mol. The van der Waals surface area contributed by atoms with Crippen molar-refractivity contribution >= 4 is 17.5 Å². The average Bonchev–Trinajstić information content (AvgIpc) is 2.75. The van der Waals surface area contributed by atoms with Gasteiger partial charge in [-0.3, -0.25) is 9.59 Å². The minimum Gasteiger partial charge on any atom is -0.356 e. The van der Waals surface area contributed by atoms with Crippen LogP contribution < -0.4 is 10.2 Å². The summed E-state index contributed by atoms with van der Waals surface area (Å²) in [6.45, 7) is 1.09. The van der Waals surface area contributed by atoms with Crippen molar-refractivity contribution in [2.24, 2.45) is 0 Å². The highest BCUT2D eigenvalue weighted by Gasteiger charge is 2.16. The zero-order valence-corrected chi connectivity index (χ0v) is 16.5. The Morgan fingerprint density at radius 2 is 1.21 bits per heavy atom. The van der Waals surface area contributed by atoms with Gasteiger partial charge in [-0.25, -0.2) is 0 Å². The number of anilines is 1. The Morgan fingerprint density at radius 3 is 1.79 bits per heavy atom. The third-order valence-corrected chi connectivity index (χ3v) is 4.66. The van der Waals surface area contributed by atoms with E-state index in [2.05, 4.69) is 5.32 Å². The molecule has 0 spiro atoms. The molecule has 0 aliphatic rings. The molecule has 0 aliphatic heterocycles. The molecule has 3 aromatic rings. The number of rotatable bonds is 9. The molecule has 0 radical (unpaired) electrons. The van der Waals surface area contributed by atoms with E-state index in [4.69, 9.17) is 0 Å². The van der Waals surface area contributed by atoms with E-state index in [1.807, 2.05) is 91.0 Å². The molecule has 4 nitrogen and oxygen atoms in total. The minimum absolute atomic E-state index is 0.00178. The van der Waals surface area contributed by atoms with Gasteiger partial charge in [0.1, 0.15) is 0 Å². The van der Waals surface area contributed by atoms with Crippen LogP contribution in [0.5, 0.6) is 0 Å². The fourth-order valence-electron chi connectivity index (χ4n) is 3.18. The van der Waals surface area contributed by atoms with Crippen molar-refractivity contribution < 1.29 is 9.59 Å². The Labute approximate surface area is 172 Å². The summed E-state index contributed by atoms with van der Waals surface area (Å²) in [5, 5.41) is 2.95. The number of nitrogens with one attached hydrogen (secondary N) is 1. The molecule has 2 amide bonds. The Morgan fingerprint density at radius 1 is 0.690 bits per heavy atom. The summed E-state index contributed by atoms with van der Waals surface area (Å²) in [7, 11) is 0. The molecule has 0 bridgehead atoms. The number of benzene rings is 3. The first-order chi connectivity index (χ1) is 14.2. The topological polar surface area (TPSA) is 49.4 Å². The second kappa shape index (κ2) is 10.8. The molecule has 1 N–H and O–H groups in total. The van der Waals surface area contributed by atoms with Crippen LogP contribution in [-0.2, 0) is 22.4 Å². The van der Waals surface area contributed by atoms with Crippen molar-refractivity contribution in [1.82, 2.24) is 5.32 Å². The number of carbonyl (C=O) groups excluding carboxylic acids is 2. The summed E-state index contributed by atoms with van der Waals surface area (Å²) in [4.78, 5) is 26.8. The lowest BCUT2D eigenvalue weighted by Gasteiger charge is -2.23. The van der Waals surface area contributed by atoms with Crippen LogP contribution >= 0.6 is 0 Å². The monoisotopic (exact) mass is 386 g/mol. The van der Waals surface area contributed by atoms with Gasteiger partial charge in [-0.2, -0.15) is 0 Å². The van der Waals surface area contributed by atoms with Crippen molar-refractivity contribution in [1.29, 1.82) is 0 Å². The molecule has 3 rings (SSSR count). The first-order valence-corrected chi connectivity index (χ1v) is 9.92. The lowest BCUT2D eigenvalue weighted by atomic mass is 10.1. The predicted molar refractivity (Wildman–Crippen MR) is 117 cm³/mol. The van der Waals surface area contributed by atoms with E-state index < -0.39 is 0 Å². The van der Waals surface area contributed by atoms with E-state index in [0.29, 0.717) is 32.4 Å². The van der Waals surface area contributed by atoms with E-state index in [9.17, 15) is 9.59 Å². The quantitative estimate of drug-likeness (QED) is 0.565. The second-order valence-electron chi connectivity index (χ2n) is 6.91. The highest BCUT2D eigenvalue weighted by Crippen LogP contribution is 2.16. The third kappa shape index (κ3) is 6.61. The number of nitrogens with zero attached hydrogens (tertiary/aromatic N) is 1. The fraction of sp³-hybridized carbons (Fsp3) is 0.200. The lowest BCUT2D eigenvalue weighted by Crippen LogP contribution is -2.35. The molecule has 4 heteroatoms. The maximum absolute atomic E-state index is 12.9. The van der Waals surface area contributed by atoms with Gasteiger partial charge in [0.15, 0.2) is 0 Å². The van der Waals surface area contributed by atoms with E-state index in [1.165, 1.54) is 0 Å². The van der Waals surface area contributed by atoms with Crippen LogP contribution in [0.4, 0.5) is 5.69 Å². The van der Waals surface area contributed by atoms with Crippen LogP contribution in [0.1, 0.15) is 17.5 Å². The lowest BCUT2D eigenvalue weighted by molar-refractivity contribution is -0.120. The van der Waals surface area contributed by atoms with Crippen LogP contribution in [0.25, 0.3) is 0 Å². The van der Waals surface area contributed by atoms with Gasteiger partial charge in [0, 0.05) is 18.8 Å². The maximum atomic E-state index is 12.9. The molecule has 0 heterocycles. The molecule has 29 heavy (non-hydrogen) atoms. The SMILES string of the molecule is O=C(Cc1ccccc1)NCCCN(C(=O)Cc1ccccc1)c1ccccc1. The molecule has 0 atom stereocenters. The van der Waals surface area contributed by atoms with Gasteiger partial charge < -0.3 is 10.2 Å². The van der Waals surface area contributed by atoms with Gasteiger partial charge in [-0.05, 0) is 29.7 Å². The molecule has 0 fully saturated rings. The number of hydrogen-bond acceptors (Lipinski definition) is 2. The van der Waals surface area contributed by atoms with Crippen molar-refractivity contribution in [3.63, 3.8) is 0 Å². The van der Waals surface area contributed by atoms with Gasteiger partial charge in [0.25, 0.3) is 0 Å². The summed E-state index contributed by atoms with van der Waals surface area (Å²) in [5.41, 5.74) is 2.87. The Balaban J connectivity index is 1.53. The fourth-order valence-corrected chi connectivity index (χ4v) is 3.18. The standard InChI is InChI=1S/C25H26N2O2/c28-24(19-21-11-4-1-5-12-21)26-17-10-18-27(23-15-8-3-9-16-23)25(29)20-22-13-6-2-7-14-22/h1-9,11-16H,10,17-20H2,(H,26,28). The zero-order valence-electron chi connectivity index (χ0n) is 16.5. The Kier molecular flexibility index (Phi) is 7.58. The first kappa shape index (κ1) is 20.3. The number of hydrogen-bond donors (Lipinski definition) is 1. The van der Waals surface area contributed by atoms with Crippen LogP contribution in [0.2, 0.25) is 0 Å². The first-order valence-electron chi connectivity index (χ1n) is 9.92. The van der Waals surface area contributed by atoms with Gasteiger partial charge in [-0.1, -0.05) is 78.9 Å². The minimum atomic E-state index is -0.00178. The third-order valence-electron chi connectivity index (χ3n) is 4.66. The summed E-state index contributed by atoms with van der Waals surface area (Å²) < 4.78 is 0. The molecule has 0 saturated heterocycles. The summed E-state index contributed by atoms with van der Waals surface area (Å²) in [6, 6.07) is 29.1. The Hall–Kier alpha value is -3.40. The molecule has 148 valence electrons. The van der Waals surface area contributed by atoms with Gasteiger partial charge in [0.2, 0.25) is 11.8 Å². The van der Waals surface area contributed by atoms with E-state index in [0.717, 1.165) is 16.8 Å². The van der Waals surface area contributed by atoms with Crippen molar-refractivity contribution in [3.8, 4) is 0 Å². The van der Waals surface area contributed by atoms with Crippen molar-refractivity contribution in [2.75, 3.05) is 18.0 Å². The van der Waals surface area contributed by atoms with Crippen LogP contribution in [0.15, 0.2) is 91.0 Å². The predicted octanol–water partition coefficient (Wildman–Crippen LogP) is 4.01. The number of amides is 2. The van der Waals surface area contributed by atoms with Gasteiger partial charge >= 0.3 is 0 Å². The largest absolute Gasteiger partial charge is 0.356 e. The number of para-hydroxylation sites is 1. The number of carbonyl (C=O) groups is 2. The van der Waals surface area contributed by atoms with E-state index in [-0.39, 0.29) is 11.8 Å².